The predicted octanol–water partition coefficient (Wildman–Crippen LogP) is 5.12. The molecule has 0 radical (unpaired) electrons. The number of ether oxygens (including phenoxy) is 4. The first-order valence-corrected chi connectivity index (χ1v) is 12.6. The van der Waals surface area contributed by atoms with Gasteiger partial charge in [0.2, 0.25) is 0 Å². The van der Waals surface area contributed by atoms with E-state index in [0.717, 1.165) is 24.2 Å². The lowest BCUT2D eigenvalue weighted by molar-refractivity contribution is -0.122. The zero-order valence-electron chi connectivity index (χ0n) is 21.8. The highest BCUT2D eigenvalue weighted by atomic mass is 16.5. The lowest BCUT2D eigenvalue weighted by Gasteiger charge is -2.27. The van der Waals surface area contributed by atoms with Crippen molar-refractivity contribution >= 4 is 29.6 Å². The van der Waals surface area contributed by atoms with Gasteiger partial charge in [-0.2, -0.15) is 0 Å². The van der Waals surface area contributed by atoms with Crippen LogP contribution in [0.15, 0.2) is 42.0 Å². The van der Waals surface area contributed by atoms with Crippen LogP contribution in [0.3, 0.4) is 0 Å². The van der Waals surface area contributed by atoms with E-state index < -0.39 is 17.8 Å². The van der Waals surface area contributed by atoms with E-state index in [0.29, 0.717) is 55.0 Å². The van der Waals surface area contributed by atoms with Crippen LogP contribution in [0, 0.1) is 0 Å². The molecule has 198 valence electrons. The van der Waals surface area contributed by atoms with Gasteiger partial charge in [-0.1, -0.05) is 26.3 Å². The highest BCUT2D eigenvalue weighted by Gasteiger charge is 2.37. The van der Waals surface area contributed by atoms with Crippen molar-refractivity contribution in [2.45, 2.75) is 47.0 Å². The second-order valence-electron chi connectivity index (χ2n) is 8.21. The molecule has 0 unspecified atom stereocenters. The number of hydrogen-bond donors (Lipinski definition) is 1. The summed E-state index contributed by atoms with van der Waals surface area (Å²) < 4.78 is 22.9. The number of hydrogen-bond acceptors (Lipinski definition) is 7. The van der Waals surface area contributed by atoms with Crippen LogP contribution in [-0.4, -0.2) is 44.3 Å². The molecule has 1 heterocycles. The summed E-state index contributed by atoms with van der Waals surface area (Å²) in [5.41, 5.74) is 0.617. The van der Waals surface area contributed by atoms with Gasteiger partial charge in [-0.15, -0.1) is 0 Å². The Morgan fingerprint density at radius 1 is 0.757 bits per heavy atom. The fourth-order valence-corrected chi connectivity index (χ4v) is 3.62. The van der Waals surface area contributed by atoms with E-state index in [1.165, 1.54) is 6.08 Å². The van der Waals surface area contributed by atoms with Crippen LogP contribution < -0.4 is 29.2 Å². The third kappa shape index (κ3) is 6.81. The normalized spacial score (nSPS) is 14.5. The molecule has 0 atom stereocenters. The monoisotopic (exact) mass is 510 g/mol. The van der Waals surface area contributed by atoms with Crippen molar-refractivity contribution in [3.8, 4) is 23.0 Å². The van der Waals surface area contributed by atoms with Crippen molar-refractivity contribution in [1.82, 2.24) is 5.32 Å². The third-order valence-corrected chi connectivity index (χ3v) is 5.38. The standard InChI is InChI=1S/C28H34N2O7/c1-5-9-15-37-22-12-10-19(17-24(22)34-7-3)16-21-26(31)29-28(33)30(27(21)32)20-11-13-23(36-14-6-2)25(18-20)35-8-4/h10-13,16-18H,5-9,14-15H2,1-4H3,(H,29,31,33)/b21-16+. The van der Waals surface area contributed by atoms with E-state index in [2.05, 4.69) is 12.2 Å². The Labute approximate surface area is 217 Å². The second kappa shape index (κ2) is 13.3. The summed E-state index contributed by atoms with van der Waals surface area (Å²) in [5, 5.41) is 2.25. The first-order valence-electron chi connectivity index (χ1n) is 12.6. The van der Waals surface area contributed by atoms with Crippen molar-refractivity contribution in [2.24, 2.45) is 0 Å². The summed E-state index contributed by atoms with van der Waals surface area (Å²) in [5.74, 6) is 0.474. The van der Waals surface area contributed by atoms with Crippen LogP contribution in [0.4, 0.5) is 10.5 Å². The number of benzene rings is 2. The summed E-state index contributed by atoms with van der Waals surface area (Å²) in [4.78, 5) is 39.6. The Balaban J connectivity index is 1.93. The van der Waals surface area contributed by atoms with Gasteiger partial charge in [0, 0.05) is 6.07 Å². The molecule has 9 nitrogen and oxygen atoms in total. The van der Waals surface area contributed by atoms with Crippen LogP contribution in [0.25, 0.3) is 6.08 Å². The van der Waals surface area contributed by atoms with Crippen molar-refractivity contribution in [1.29, 1.82) is 0 Å². The van der Waals surface area contributed by atoms with Crippen LogP contribution >= 0.6 is 0 Å². The van der Waals surface area contributed by atoms with E-state index in [-0.39, 0.29) is 11.3 Å². The number of anilines is 1. The maximum absolute atomic E-state index is 13.4. The quantitative estimate of drug-likeness (QED) is 0.227. The number of barbiturate groups is 1. The van der Waals surface area contributed by atoms with Crippen molar-refractivity contribution in [3.05, 3.63) is 47.5 Å². The van der Waals surface area contributed by atoms with E-state index in [4.69, 9.17) is 18.9 Å². The predicted molar refractivity (Wildman–Crippen MR) is 140 cm³/mol. The number of unbranched alkanes of at least 4 members (excludes halogenated alkanes) is 1. The smallest absolute Gasteiger partial charge is 0.335 e. The molecule has 3 rings (SSSR count). The molecule has 1 saturated heterocycles. The van der Waals surface area contributed by atoms with Gasteiger partial charge in [0.15, 0.2) is 23.0 Å². The summed E-state index contributed by atoms with van der Waals surface area (Å²) >= 11 is 0. The van der Waals surface area contributed by atoms with Crippen molar-refractivity contribution in [2.75, 3.05) is 31.3 Å². The van der Waals surface area contributed by atoms with Gasteiger partial charge in [-0.25, -0.2) is 9.69 Å². The maximum Gasteiger partial charge on any atom is 0.335 e. The number of urea groups is 1. The Morgan fingerprint density at radius 2 is 1.41 bits per heavy atom. The van der Waals surface area contributed by atoms with Gasteiger partial charge in [0.05, 0.1) is 32.1 Å². The van der Waals surface area contributed by atoms with Gasteiger partial charge in [0.25, 0.3) is 11.8 Å². The van der Waals surface area contributed by atoms with Gasteiger partial charge >= 0.3 is 6.03 Å². The number of carbonyl (C=O) groups excluding carboxylic acids is 3. The third-order valence-electron chi connectivity index (χ3n) is 5.38. The van der Waals surface area contributed by atoms with E-state index in [1.807, 2.05) is 20.8 Å². The molecule has 0 spiro atoms. The molecular weight excluding hydrogens is 476 g/mol. The van der Waals surface area contributed by atoms with E-state index >= 15 is 0 Å². The Bertz CT molecular complexity index is 1160. The number of amides is 4. The molecule has 1 N–H and O–H groups in total. The van der Waals surface area contributed by atoms with Crippen LogP contribution in [0.1, 0.15) is 52.5 Å². The minimum atomic E-state index is -0.841. The van der Waals surface area contributed by atoms with E-state index in [1.54, 1.807) is 36.4 Å². The summed E-state index contributed by atoms with van der Waals surface area (Å²) in [6.07, 6.45) is 4.15. The zero-order chi connectivity index (χ0) is 26.8. The molecule has 9 heteroatoms. The summed E-state index contributed by atoms with van der Waals surface area (Å²) in [6.45, 7) is 9.59. The van der Waals surface area contributed by atoms with Gasteiger partial charge in [-0.3, -0.25) is 14.9 Å². The molecule has 0 saturated carbocycles. The number of nitrogens with zero attached hydrogens (tertiary/aromatic N) is 1. The first-order chi connectivity index (χ1) is 17.9. The minimum Gasteiger partial charge on any atom is -0.490 e. The number of carbonyl (C=O) groups is 3. The van der Waals surface area contributed by atoms with Crippen LogP contribution in [0.5, 0.6) is 23.0 Å². The molecule has 0 bridgehead atoms. The molecule has 0 aromatic heterocycles. The SMILES string of the molecule is CCCCOc1ccc(/C=C2\C(=O)NC(=O)N(c3ccc(OCCC)c(OCC)c3)C2=O)cc1OCC. The van der Waals surface area contributed by atoms with Crippen molar-refractivity contribution < 1.29 is 33.3 Å². The average Bonchev–Trinajstić information content (AvgIpc) is 2.87. The van der Waals surface area contributed by atoms with Gasteiger partial charge in [-0.05, 0) is 62.6 Å². The highest BCUT2D eigenvalue weighted by molar-refractivity contribution is 6.39. The lowest BCUT2D eigenvalue weighted by atomic mass is 10.1. The molecule has 2 aromatic rings. The first kappa shape index (κ1) is 27.6. The molecule has 1 aliphatic heterocycles. The lowest BCUT2D eigenvalue weighted by Crippen LogP contribution is -2.54. The van der Waals surface area contributed by atoms with Gasteiger partial charge < -0.3 is 18.9 Å². The molecule has 37 heavy (non-hydrogen) atoms. The molecule has 0 aliphatic carbocycles. The number of rotatable bonds is 13. The zero-order valence-corrected chi connectivity index (χ0v) is 21.8. The van der Waals surface area contributed by atoms with E-state index in [9.17, 15) is 14.4 Å². The largest absolute Gasteiger partial charge is 0.490 e. The fourth-order valence-electron chi connectivity index (χ4n) is 3.62. The fraction of sp³-hybridized carbons (Fsp3) is 0.393. The number of imide groups is 2. The topological polar surface area (TPSA) is 103 Å². The Morgan fingerprint density at radius 3 is 2.05 bits per heavy atom. The second-order valence-corrected chi connectivity index (χ2v) is 8.21. The Kier molecular flexibility index (Phi) is 9.94. The molecular formula is C28H34N2O7. The molecule has 1 fully saturated rings. The number of nitrogens with one attached hydrogen (secondary N) is 1. The van der Waals surface area contributed by atoms with Crippen LogP contribution in [-0.2, 0) is 9.59 Å². The Hall–Kier alpha value is -4.01. The van der Waals surface area contributed by atoms with Crippen molar-refractivity contribution in [3.63, 3.8) is 0 Å². The van der Waals surface area contributed by atoms with Crippen LogP contribution in [0.2, 0.25) is 0 Å². The average molecular weight is 511 g/mol. The minimum absolute atomic E-state index is 0.189. The highest BCUT2D eigenvalue weighted by Crippen LogP contribution is 2.34. The molecule has 2 aromatic carbocycles. The maximum atomic E-state index is 13.4. The molecule has 1 aliphatic rings. The molecule has 4 amide bonds. The summed E-state index contributed by atoms with van der Waals surface area (Å²) in [7, 11) is 0. The summed E-state index contributed by atoms with van der Waals surface area (Å²) in [6, 6.07) is 9.10. The van der Waals surface area contributed by atoms with Gasteiger partial charge in [0.1, 0.15) is 5.57 Å².